The van der Waals surface area contributed by atoms with Crippen LogP contribution in [0.3, 0.4) is 0 Å². The molecule has 0 spiro atoms. The van der Waals surface area contributed by atoms with Gasteiger partial charge >= 0.3 is 0 Å². The molecule has 0 aliphatic carbocycles. The van der Waals surface area contributed by atoms with E-state index in [0.717, 1.165) is 5.56 Å². The second-order valence-corrected chi connectivity index (χ2v) is 6.58. The number of carbonyl (C=O) groups is 1. The smallest absolute Gasteiger partial charge is 0.241 e. The Morgan fingerprint density at radius 3 is 2.55 bits per heavy atom. The minimum absolute atomic E-state index is 0.148. The Bertz CT molecular complexity index is 747. The van der Waals surface area contributed by atoms with E-state index >= 15 is 0 Å². The molecule has 3 nitrogen and oxygen atoms in total. The van der Waals surface area contributed by atoms with Gasteiger partial charge in [0, 0.05) is 12.5 Å². The van der Waals surface area contributed by atoms with Crippen molar-refractivity contribution >= 4 is 22.7 Å². The summed E-state index contributed by atoms with van der Waals surface area (Å²) < 4.78 is 13.4. The van der Waals surface area contributed by atoms with Crippen molar-refractivity contribution < 1.29 is 9.18 Å². The van der Waals surface area contributed by atoms with E-state index in [1.807, 2.05) is 37.3 Å². The van der Waals surface area contributed by atoms with Gasteiger partial charge in [-0.1, -0.05) is 54.2 Å². The second kappa shape index (κ2) is 5.57. The van der Waals surface area contributed by atoms with Crippen LogP contribution in [-0.4, -0.2) is 16.0 Å². The highest BCUT2D eigenvalue weighted by Gasteiger charge is 2.43. The predicted octanol–water partition coefficient (Wildman–Crippen LogP) is 3.96. The third-order valence-electron chi connectivity index (χ3n) is 3.57. The molecule has 112 valence electrons. The van der Waals surface area contributed by atoms with Gasteiger partial charge in [0.05, 0.1) is 0 Å². The molecule has 5 heteroatoms. The zero-order chi connectivity index (χ0) is 15.7. The molecule has 0 aromatic heterocycles. The Morgan fingerprint density at radius 2 is 1.91 bits per heavy atom. The lowest BCUT2D eigenvalue weighted by atomic mass is 10.1. The molecule has 1 atom stereocenters. The highest BCUT2D eigenvalue weighted by molar-refractivity contribution is 8.15. The molecule has 0 N–H and O–H groups in total. The number of nitrogens with zero attached hydrogens (tertiary/aromatic N) is 2. The SMILES string of the molecule is CC(=O)N1N=C(c2cccc(F)c2)SC1(C)c1ccccc1. The van der Waals surface area contributed by atoms with E-state index < -0.39 is 4.87 Å². The Labute approximate surface area is 132 Å². The highest BCUT2D eigenvalue weighted by atomic mass is 32.2. The van der Waals surface area contributed by atoms with E-state index in [1.54, 1.807) is 12.1 Å². The summed E-state index contributed by atoms with van der Waals surface area (Å²) in [5.41, 5.74) is 1.65. The Morgan fingerprint density at radius 1 is 1.18 bits per heavy atom. The van der Waals surface area contributed by atoms with Crippen LogP contribution < -0.4 is 0 Å². The van der Waals surface area contributed by atoms with Gasteiger partial charge in [-0.3, -0.25) is 4.79 Å². The number of halogens is 1. The third kappa shape index (κ3) is 2.52. The molecule has 0 saturated carbocycles. The van der Waals surface area contributed by atoms with Gasteiger partial charge in [0.1, 0.15) is 15.7 Å². The maximum Gasteiger partial charge on any atom is 0.241 e. The van der Waals surface area contributed by atoms with E-state index in [2.05, 4.69) is 5.10 Å². The van der Waals surface area contributed by atoms with Crippen molar-refractivity contribution in [3.8, 4) is 0 Å². The minimum atomic E-state index is -0.630. The van der Waals surface area contributed by atoms with E-state index in [-0.39, 0.29) is 11.7 Å². The molecule has 0 fully saturated rings. The average Bonchev–Trinajstić information content (AvgIpc) is 2.88. The molecule has 2 aromatic rings. The van der Waals surface area contributed by atoms with Crippen LogP contribution in [0.4, 0.5) is 4.39 Å². The summed E-state index contributed by atoms with van der Waals surface area (Å²) in [4.78, 5) is 11.4. The zero-order valence-corrected chi connectivity index (χ0v) is 13.1. The fourth-order valence-electron chi connectivity index (χ4n) is 2.48. The molecule has 0 radical (unpaired) electrons. The lowest BCUT2D eigenvalue weighted by molar-refractivity contribution is -0.131. The summed E-state index contributed by atoms with van der Waals surface area (Å²) in [6.07, 6.45) is 0. The highest BCUT2D eigenvalue weighted by Crippen LogP contribution is 2.46. The molecule has 3 rings (SSSR count). The van der Waals surface area contributed by atoms with Crippen molar-refractivity contribution in [1.82, 2.24) is 5.01 Å². The molecule has 1 unspecified atom stereocenters. The van der Waals surface area contributed by atoms with Gasteiger partial charge in [0.15, 0.2) is 0 Å². The standard InChI is InChI=1S/C17H15FN2OS/c1-12(21)20-17(2,14-8-4-3-5-9-14)22-16(19-20)13-7-6-10-15(18)11-13/h3-11H,1-2H3. The zero-order valence-electron chi connectivity index (χ0n) is 12.3. The molecule has 2 aromatic carbocycles. The summed E-state index contributed by atoms with van der Waals surface area (Å²) in [7, 11) is 0. The van der Waals surface area contributed by atoms with E-state index in [1.165, 1.54) is 35.8 Å². The second-order valence-electron chi connectivity index (χ2n) is 5.20. The number of thioether (sulfide) groups is 1. The molecular formula is C17H15FN2OS. The summed E-state index contributed by atoms with van der Waals surface area (Å²) >= 11 is 1.45. The topological polar surface area (TPSA) is 32.7 Å². The van der Waals surface area contributed by atoms with Crippen LogP contribution >= 0.6 is 11.8 Å². The number of hydrogen-bond acceptors (Lipinski definition) is 3. The van der Waals surface area contributed by atoms with Gasteiger partial charge in [-0.25, -0.2) is 9.40 Å². The maximum absolute atomic E-state index is 13.4. The van der Waals surface area contributed by atoms with Crippen molar-refractivity contribution in [1.29, 1.82) is 0 Å². The number of carbonyl (C=O) groups excluding carboxylic acids is 1. The molecule has 1 amide bonds. The van der Waals surface area contributed by atoms with Crippen molar-refractivity contribution in [2.45, 2.75) is 18.7 Å². The first kappa shape index (κ1) is 14.8. The van der Waals surface area contributed by atoms with Crippen LogP contribution in [0.15, 0.2) is 59.7 Å². The Balaban J connectivity index is 2.04. The summed E-state index contributed by atoms with van der Waals surface area (Å²) in [6, 6.07) is 16.0. The number of amides is 1. The van der Waals surface area contributed by atoms with Gasteiger partial charge in [-0.05, 0) is 24.6 Å². The largest absolute Gasteiger partial charge is 0.273 e. The first-order valence-corrected chi connectivity index (χ1v) is 7.72. The molecule has 1 aliphatic rings. The Kier molecular flexibility index (Phi) is 3.74. The molecular weight excluding hydrogens is 299 g/mol. The van der Waals surface area contributed by atoms with Crippen LogP contribution in [0.25, 0.3) is 0 Å². The van der Waals surface area contributed by atoms with E-state index in [0.29, 0.717) is 10.6 Å². The van der Waals surface area contributed by atoms with Gasteiger partial charge < -0.3 is 0 Å². The van der Waals surface area contributed by atoms with Gasteiger partial charge in [-0.15, -0.1) is 0 Å². The summed E-state index contributed by atoms with van der Waals surface area (Å²) in [5.74, 6) is -0.464. The monoisotopic (exact) mass is 314 g/mol. The fourth-order valence-corrected chi connectivity index (χ4v) is 3.73. The number of benzene rings is 2. The van der Waals surface area contributed by atoms with Crippen LogP contribution in [0.1, 0.15) is 25.0 Å². The minimum Gasteiger partial charge on any atom is -0.273 e. The molecule has 0 saturated heterocycles. The fraction of sp³-hybridized carbons (Fsp3) is 0.176. The lowest BCUT2D eigenvalue weighted by Crippen LogP contribution is -2.37. The van der Waals surface area contributed by atoms with E-state index in [4.69, 9.17) is 0 Å². The van der Waals surface area contributed by atoms with Gasteiger partial charge in [0.25, 0.3) is 0 Å². The normalized spacial score (nSPS) is 20.9. The molecule has 1 heterocycles. The molecule has 22 heavy (non-hydrogen) atoms. The van der Waals surface area contributed by atoms with Crippen molar-refractivity contribution in [3.05, 3.63) is 71.5 Å². The Hall–Kier alpha value is -2.14. The van der Waals surface area contributed by atoms with E-state index in [9.17, 15) is 9.18 Å². The third-order valence-corrected chi connectivity index (χ3v) is 4.89. The van der Waals surface area contributed by atoms with Crippen molar-refractivity contribution in [3.63, 3.8) is 0 Å². The predicted molar refractivity (Wildman–Crippen MR) is 86.8 cm³/mol. The van der Waals surface area contributed by atoms with Gasteiger partial charge in [-0.2, -0.15) is 5.10 Å². The molecule has 1 aliphatic heterocycles. The number of hydrogen-bond donors (Lipinski definition) is 0. The van der Waals surface area contributed by atoms with Crippen molar-refractivity contribution in [2.24, 2.45) is 5.10 Å². The van der Waals surface area contributed by atoms with Crippen molar-refractivity contribution in [2.75, 3.05) is 0 Å². The first-order valence-electron chi connectivity index (χ1n) is 6.90. The average molecular weight is 314 g/mol. The quantitative estimate of drug-likeness (QED) is 0.840. The van der Waals surface area contributed by atoms with Crippen LogP contribution in [0.2, 0.25) is 0 Å². The lowest BCUT2D eigenvalue weighted by Gasteiger charge is -2.31. The number of hydrazone groups is 1. The first-order chi connectivity index (χ1) is 10.5. The van der Waals surface area contributed by atoms with Crippen LogP contribution in [0.5, 0.6) is 0 Å². The maximum atomic E-state index is 13.4. The van der Waals surface area contributed by atoms with Gasteiger partial charge in [0.2, 0.25) is 5.91 Å². The summed E-state index contributed by atoms with van der Waals surface area (Å²) in [5, 5.41) is 6.53. The van der Waals surface area contributed by atoms with Crippen LogP contribution in [-0.2, 0) is 9.67 Å². The van der Waals surface area contributed by atoms with Crippen LogP contribution in [0, 0.1) is 5.82 Å². The number of rotatable bonds is 2. The molecule has 0 bridgehead atoms. The summed E-state index contributed by atoms with van der Waals surface area (Å²) in [6.45, 7) is 3.43.